The van der Waals surface area contributed by atoms with E-state index in [1.54, 1.807) is 0 Å². The summed E-state index contributed by atoms with van der Waals surface area (Å²) in [5.74, 6) is 0.238. The van der Waals surface area contributed by atoms with Crippen molar-refractivity contribution in [2.24, 2.45) is 0 Å². The molecule has 3 nitrogen and oxygen atoms in total. The number of rotatable bonds is 6. The molecular weight excluding hydrogens is 316 g/mol. The Morgan fingerprint density at radius 3 is 2.71 bits per heavy atom. The monoisotopic (exact) mass is 342 g/mol. The average Bonchev–Trinajstić information content (AvgIpc) is 3.22. The van der Waals surface area contributed by atoms with E-state index in [0.717, 1.165) is 19.5 Å². The first-order valence-corrected chi connectivity index (χ1v) is 9.61. The summed E-state index contributed by atoms with van der Waals surface area (Å²) >= 11 is 1.87. The summed E-state index contributed by atoms with van der Waals surface area (Å²) in [6.07, 6.45) is 2.34. The Bertz CT molecular complexity index is 667. The third kappa shape index (κ3) is 4.05. The van der Waals surface area contributed by atoms with E-state index in [-0.39, 0.29) is 5.91 Å². The van der Waals surface area contributed by atoms with Crippen molar-refractivity contribution in [1.29, 1.82) is 0 Å². The molecule has 3 rings (SSSR count). The molecule has 1 saturated heterocycles. The minimum atomic E-state index is 0.238. The van der Waals surface area contributed by atoms with Gasteiger partial charge in [0.1, 0.15) is 0 Å². The zero-order chi connectivity index (χ0) is 16.9. The van der Waals surface area contributed by atoms with Gasteiger partial charge >= 0.3 is 0 Å². The Labute approximate surface area is 148 Å². The molecule has 0 N–H and O–H groups in total. The van der Waals surface area contributed by atoms with Gasteiger partial charge in [-0.05, 0) is 50.9 Å². The molecule has 1 aliphatic heterocycles. The van der Waals surface area contributed by atoms with E-state index in [0.29, 0.717) is 19.1 Å². The molecule has 1 amide bonds. The number of thiophene rings is 1. The molecule has 2 aromatic rings. The number of nitrogens with zero attached hydrogens (tertiary/aromatic N) is 2. The summed E-state index contributed by atoms with van der Waals surface area (Å²) in [6.45, 7) is 7.22. The average molecular weight is 343 g/mol. The van der Waals surface area contributed by atoms with Gasteiger partial charge in [0.05, 0.1) is 6.54 Å². The molecule has 1 unspecified atom stereocenters. The highest BCUT2D eigenvalue weighted by Crippen LogP contribution is 2.35. The van der Waals surface area contributed by atoms with Crippen LogP contribution in [-0.4, -0.2) is 35.3 Å². The summed E-state index contributed by atoms with van der Waals surface area (Å²) in [5.41, 5.74) is 1.19. The Kier molecular flexibility index (Phi) is 5.69. The molecule has 1 aliphatic rings. The second kappa shape index (κ2) is 7.95. The molecule has 1 fully saturated rings. The normalized spacial score (nSPS) is 18.0. The van der Waals surface area contributed by atoms with Crippen LogP contribution in [0.1, 0.15) is 41.1 Å². The molecule has 1 aromatic carbocycles. The summed E-state index contributed by atoms with van der Waals surface area (Å²) in [6, 6.07) is 15.1. The molecule has 0 radical (unpaired) electrons. The largest absolute Gasteiger partial charge is 0.338 e. The lowest BCUT2D eigenvalue weighted by molar-refractivity contribution is -0.133. The summed E-state index contributed by atoms with van der Waals surface area (Å²) in [4.78, 5) is 19.9. The molecule has 1 aromatic heterocycles. The molecule has 1 atom stereocenters. The molecule has 128 valence electrons. The number of aryl methyl sites for hydroxylation is 1. The molecule has 24 heavy (non-hydrogen) atoms. The molecule has 0 aliphatic carbocycles. The predicted octanol–water partition coefficient (Wildman–Crippen LogP) is 4.24. The molecule has 0 spiro atoms. The van der Waals surface area contributed by atoms with E-state index in [1.807, 2.05) is 34.4 Å². The quantitative estimate of drug-likeness (QED) is 0.784. The minimum absolute atomic E-state index is 0.238. The van der Waals surface area contributed by atoms with Crippen molar-refractivity contribution in [1.82, 2.24) is 9.80 Å². The Balaban J connectivity index is 1.64. The number of carbonyl (C=O) groups excluding carboxylic acids is 1. The van der Waals surface area contributed by atoms with Crippen LogP contribution < -0.4 is 0 Å². The van der Waals surface area contributed by atoms with Gasteiger partial charge in [-0.25, -0.2) is 0 Å². The van der Waals surface area contributed by atoms with Crippen molar-refractivity contribution in [3.63, 3.8) is 0 Å². The number of benzene rings is 1. The Morgan fingerprint density at radius 1 is 1.25 bits per heavy atom. The van der Waals surface area contributed by atoms with Crippen molar-refractivity contribution >= 4 is 17.2 Å². The molecular formula is C20H26N2OS. The van der Waals surface area contributed by atoms with Crippen LogP contribution in [0, 0.1) is 6.92 Å². The predicted molar refractivity (Wildman–Crippen MR) is 100 cm³/mol. The van der Waals surface area contributed by atoms with Crippen LogP contribution in [0.4, 0.5) is 0 Å². The highest BCUT2D eigenvalue weighted by Gasteiger charge is 2.29. The van der Waals surface area contributed by atoms with Crippen LogP contribution >= 0.6 is 11.3 Å². The zero-order valence-corrected chi connectivity index (χ0v) is 15.4. The van der Waals surface area contributed by atoms with Crippen LogP contribution in [0.2, 0.25) is 0 Å². The fraction of sp³-hybridized carbons (Fsp3) is 0.450. The smallest absolute Gasteiger partial charge is 0.237 e. The maximum absolute atomic E-state index is 12.8. The minimum Gasteiger partial charge on any atom is -0.338 e. The number of carbonyl (C=O) groups is 1. The third-order valence-electron chi connectivity index (χ3n) is 4.74. The van der Waals surface area contributed by atoms with Gasteiger partial charge < -0.3 is 4.90 Å². The van der Waals surface area contributed by atoms with Crippen LogP contribution in [0.15, 0.2) is 42.5 Å². The van der Waals surface area contributed by atoms with Gasteiger partial charge in [0.2, 0.25) is 5.91 Å². The van der Waals surface area contributed by atoms with Crippen molar-refractivity contribution in [3.05, 3.63) is 57.8 Å². The van der Waals surface area contributed by atoms with Crippen molar-refractivity contribution in [3.8, 4) is 0 Å². The van der Waals surface area contributed by atoms with E-state index in [2.05, 4.69) is 43.0 Å². The van der Waals surface area contributed by atoms with Gasteiger partial charge in [-0.2, -0.15) is 0 Å². The summed E-state index contributed by atoms with van der Waals surface area (Å²) in [5, 5.41) is 0. The van der Waals surface area contributed by atoms with E-state index < -0.39 is 0 Å². The topological polar surface area (TPSA) is 23.6 Å². The Hall–Kier alpha value is -1.65. The van der Waals surface area contributed by atoms with Gasteiger partial charge in [0.15, 0.2) is 0 Å². The number of amides is 1. The van der Waals surface area contributed by atoms with Gasteiger partial charge in [0.25, 0.3) is 0 Å². The molecule has 0 saturated carbocycles. The van der Waals surface area contributed by atoms with Crippen LogP contribution in [0.5, 0.6) is 0 Å². The number of hydrogen-bond donors (Lipinski definition) is 0. The fourth-order valence-corrected chi connectivity index (χ4v) is 4.47. The van der Waals surface area contributed by atoms with Gasteiger partial charge in [-0.1, -0.05) is 30.3 Å². The lowest BCUT2D eigenvalue weighted by atomic mass is 10.2. The third-order valence-corrected chi connectivity index (χ3v) is 5.84. The standard InChI is InChI=1S/C20H26N2OS/c1-3-21(14-17-8-5-4-6-9-17)20(23)15-22-13-7-10-18(22)19-12-11-16(2)24-19/h4-6,8-9,11-12,18H,3,7,10,13-15H2,1-2H3. The number of likely N-dealkylation sites (tertiary alicyclic amines) is 1. The first-order chi connectivity index (χ1) is 11.7. The first kappa shape index (κ1) is 17.2. The fourth-order valence-electron chi connectivity index (χ4n) is 3.42. The molecule has 0 bridgehead atoms. The van der Waals surface area contributed by atoms with Crippen LogP contribution in [0.25, 0.3) is 0 Å². The first-order valence-electron chi connectivity index (χ1n) is 8.79. The number of hydrogen-bond acceptors (Lipinski definition) is 3. The van der Waals surface area contributed by atoms with Crippen molar-refractivity contribution < 1.29 is 4.79 Å². The van der Waals surface area contributed by atoms with E-state index >= 15 is 0 Å². The van der Waals surface area contributed by atoms with E-state index in [4.69, 9.17) is 0 Å². The van der Waals surface area contributed by atoms with Gasteiger partial charge in [0, 0.05) is 28.9 Å². The number of likely N-dealkylation sites (N-methyl/N-ethyl adjacent to an activating group) is 1. The maximum Gasteiger partial charge on any atom is 0.237 e. The molecule has 4 heteroatoms. The second-order valence-corrected chi connectivity index (χ2v) is 7.79. The Morgan fingerprint density at radius 2 is 2.04 bits per heavy atom. The zero-order valence-electron chi connectivity index (χ0n) is 14.6. The lowest BCUT2D eigenvalue weighted by Gasteiger charge is -2.27. The summed E-state index contributed by atoms with van der Waals surface area (Å²) in [7, 11) is 0. The van der Waals surface area contributed by atoms with E-state index in [1.165, 1.54) is 21.7 Å². The van der Waals surface area contributed by atoms with Crippen LogP contribution in [-0.2, 0) is 11.3 Å². The van der Waals surface area contributed by atoms with Gasteiger partial charge in [-0.3, -0.25) is 9.69 Å². The van der Waals surface area contributed by atoms with Crippen LogP contribution in [0.3, 0.4) is 0 Å². The summed E-state index contributed by atoms with van der Waals surface area (Å²) < 4.78 is 0. The van der Waals surface area contributed by atoms with Crippen molar-refractivity contribution in [2.45, 2.75) is 39.3 Å². The van der Waals surface area contributed by atoms with Crippen molar-refractivity contribution in [2.75, 3.05) is 19.6 Å². The molecule has 2 heterocycles. The SMILES string of the molecule is CCN(Cc1ccccc1)C(=O)CN1CCCC1c1ccc(C)s1. The highest BCUT2D eigenvalue weighted by molar-refractivity contribution is 7.12. The second-order valence-electron chi connectivity index (χ2n) is 6.47. The van der Waals surface area contributed by atoms with E-state index in [9.17, 15) is 4.79 Å². The maximum atomic E-state index is 12.8. The van der Waals surface area contributed by atoms with Gasteiger partial charge in [-0.15, -0.1) is 11.3 Å². The highest BCUT2D eigenvalue weighted by atomic mass is 32.1. The lowest BCUT2D eigenvalue weighted by Crippen LogP contribution is -2.39.